The van der Waals surface area contributed by atoms with E-state index < -0.39 is 23.6 Å². The van der Waals surface area contributed by atoms with Crippen molar-refractivity contribution in [3.8, 4) is 0 Å². The number of carbonyl (C=O) groups is 2. The van der Waals surface area contributed by atoms with Gasteiger partial charge in [0, 0.05) is 19.3 Å². The molecule has 1 N–H and O–H groups in total. The fraction of sp³-hybridized carbons (Fsp3) is 0.412. The zero-order valence-electron chi connectivity index (χ0n) is 14.4. The van der Waals surface area contributed by atoms with Gasteiger partial charge in [-0.25, -0.2) is 4.79 Å². The molecule has 0 saturated carbocycles. The summed E-state index contributed by atoms with van der Waals surface area (Å²) in [7, 11) is 0. The van der Waals surface area contributed by atoms with Crippen molar-refractivity contribution in [3.05, 3.63) is 47.0 Å². The topological polar surface area (TPSA) is 88.3 Å². The van der Waals surface area contributed by atoms with Crippen molar-refractivity contribution in [3.63, 3.8) is 0 Å². The molecule has 1 saturated heterocycles. The summed E-state index contributed by atoms with van der Waals surface area (Å²) >= 11 is 0. The van der Waals surface area contributed by atoms with Crippen molar-refractivity contribution in [1.82, 2.24) is 19.7 Å². The quantitative estimate of drug-likeness (QED) is 0.882. The summed E-state index contributed by atoms with van der Waals surface area (Å²) in [5.41, 5.74) is -0.245. The molecule has 0 radical (unpaired) electrons. The number of pyridine rings is 1. The first-order chi connectivity index (χ1) is 12.7. The van der Waals surface area contributed by atoms with Gasteiger partial charge in [-0.05, 0) is 31.9 Å². The van der Waals surface area contributed by atoms with Crippen LogP contribution in [0.25, 0.3) is 0 Å². The lowest BCUT2D eigenvalue weighted by atomic mass is 10.0. The molecule has 0 bridgehead atoms. The van der Waals surface area contributed by atoms with Gasteiger partial charge in [0.1, 0.15) is 11.3 Å². The highest BCUT2D eigenvalue weighted by Crippen LogP contribution is 2.29. The van der Waals surface area contributed by atoms with E-state index in [2.05, 4.69) is 10.1 Å². The number of hydrogen-bond acceptors (Lipinski definition) is 4. The Bertz CT molecular complexity index is 853. The van der Waals surface area contributed by atoms with Crippen LogP contribution in [0.15, 0.2) is 24.5 Å². The van der Waals surface area contributed by atoms with Gasteiger partial charge in [0.05, 0.1) is 23.5 Å². The summed E-state index contributed by atoms with van der Waals surface area (Å²) in [5, 5.41) is 13.2. The number of amides is 1. The Morgan fingerprint density at radius 2 is 1.85 bits per heavy atom. The van der Waals surface area contributed by atoms with E-state index in [0.29, 0.717) is 37.8 Å². The maximum atomic E-state index is 12.6. The van der Waals surface area contributed by atoms with Gasteiger partial charge in [-0.3, -0.25) is 14.5 Å². The molecule has 144 valence electrons. The second-order valence-electron chi connectivity index (χ2n) is 6.35. The number of rotatable bonds is 3. The van der Waals surface area contributed by atoms with E-state index in [0.717, 1.165) is 12.1 Å². The van der Waals surface area contributed by atoms with Crippen molar-refractivity contribution in [1.29, 1.82) is 0 Å². The van der Waals surface area contributed by atoms with E-state index in [1.807, 2.05) is 0 Å². The summed E-state index contributed by atoms with van der Waals surface area (Å²) in [6.45, 7) is 2.45. The smallest absolute Gasteiger partial charge is 0.417 e. The van der Waals surface area contributed by atoms with E-state index in [1.165, 1.54) is 11.1 Å². The predicted octanol–water partition coefficient (Wildman–Crippen LogP) is 2.78. The lowest BCUT2D eigenvalue weighted by Crippen LogP contribution is -2.39. The van der Waals surface area contributed by atoms with Crippen molar-refractivity contribution in [2.45, 2.75) is 32.0 Å². The number of aromatic carboxylic acids is 1. The number of piperidine rings is 1. The van der Waals surface area contributed by atoms with Crippen LogP contribution in [0.1, 0.15) is 51.0 Å². The zero-order chi connectivity index (χ0) is 19.8. The maximum Gasteiger partial charge on any atom is 0.417 e. The summed E-state index contributed by atoms with van der Waals surface area (Å²) in [6, 6.07) is 1.88. The van der Waals surface area contributed by atoms with Crippen LogP contribution >= 0.6 is 0 Å². The van der Waals surface area contributed by atoms with E-state index in [-0.39, 0.29) is 17.3 Å². The minimum Gasteiger partial charge on any atom is -0.478 e. The monoisotopic (exact) mass is 382 g/mol. The Hall–Kier alpha value is -2.91. The number of carbonyl (C=O) groups excluding carboxylic acids is 1. The number of hydrogen-bond donors (Lipinski definition) is 1. The first-order valence-electron chi connectivity index (χ1n) is 8.28. The standard InChI is InChI=1S/C17H17F3N4O3/c1-10-13(16(26)27)9-22-24(10)12-4-6-23(7-5-12)15(25)14-3-2-11(8-21-14)17(18,19)20/h2-3,8-9,12H,4-7H2,1H3,(H,26,27). The molecular weight excluding hydrogens is 365 g/mol. The van der Waals surface area contributed by atoms with Crippen molar-refractivity contribution in [2.24, 2.45) is 0 Å². The second-order valence-corrected chi connectivity index (χ2v) is 6.35. The Kier molecular flexibility index (Phi) is 4.90. The predicted molar refractivity (Wildman–Crippen MR) is 87.3 cm³/mol. The number of nitrogens with zero attached hydrogens (tertiary/aromatic N) is 4. The molecule has 2 aromatic heterocycles. The van der Waals surface area contributed by atoms with Crippen LogP contribution in [0.4, 0.5) is 13.2 Å². The molecule has 27 heavy (non-hydrogen) atoms. The molecule has 0 atom stereocenters. The minimum atomic E-state index is -4.50. The van der Waals surface area contributed by atoms with Crippen LogP contribution in [0.3, 0.4) is 0 Å². The summed E-state index contributed by atoms with van der Waals surface area (Å²) in [4.78, 5) is 28.7. The van der Waals surface area contributed by atoms with Gasteiger partial charge in [0.15, 0.2) is 0 Å². The van der Waals surface area contributed by atoms with Gasteiger partial charge < -0.3 is 10.0 Å². The summed E-state index contributed by atoms with van der Waals surface area (Å²) < 4.78 is 39.4. The first kappa shape index (κ1) is 18.9. The summed E-state index contributed by atoms with van der Waals surface area (Å²) in [5.74, 6) is -1.47. The van der Waals surface area contributed by atoms with Crippen LogP contribution in [0.2, 0.25) is 0 Å². The third-order valence-electron chi connectivity index (χ3n) is 4.68. The molecule has 3 rings (SSSR count). The van der Waals surface area contributed by atoms with E-state index in [4.69, 9.17) is 5.11 Å². The largest absolute Gasteiger partial charge is 0.478 e. The fourth-order valence-corrected chi connectivity index (χ4v) is 3.17. The normalized spacial score (nSPS) is 15.8. The van der Waals surface area contributed by atoms with Crippen molar-refractivity contribution >= 4 is 11.9 Å². The van der Waals surface area contributed by atoms with Crippen LogP contribution in [-0.4, -0.2) is 49.7 Å². The lowest BCUT2D eigenvalue weighted by Gasteiger charge is -2.32. The van der Waals surface area contributed by atoms with Crippen LogP contribution in [-0.2, 0) is 6.18 Å². The molecule has 0 spiro atoms. The summed E-state index contributed by atoms with van der Waals surface area (Å²) in [6.07, 6.45) is -1.41. The zero-order valence-corrected chi connectivity index (χ0v) is 14.4. The third kappa shape index (κ3) is 3.79. The van der Waals surface area contributed by atoms with Gasteiger partial charge in [-0.1, -0.05) is 0 Å². The first-order valence-corrected chi connectivity index (χ1v) is 8.28. The Balaban J connectivity index is 1.65. The van der Waals surface area contributed by atoms with Crippen molar-refractivity contribution in [2.75, 3.05) is 13.1 Å². The molecule has 2 aromatic rings. The molecule has 1 aliphatic rings. The Morgan fingerprint density at radius 1 is 1.19 bits per heavy atom. The third-order valence-corrected chi connectivity index (χ3v) is 4.68. The average molecular weight is 382 g/mol. The van der Waals surface area contributed by atoms with Crippen LogP contribution in [0, 0.1) is 6.92 Å². The van der Waals surface area contributed by atoms with Crippen LogP contribution in [0.5, 0.6) is 0 Å². The van der Waals surface area contributed by atoms with E-state index >= 15 is 0 Å². The molecule has 10 heteroatoms. The fourth-order valence-electron chi connectivity index (χ4n) is 3.17. The highest BCUT2D eigenvalue weighted by Gasteiger charge is 2.32. The average Bonchev–Trinajstić information content (AvgIpc) is 3.02. The molecule has 0 aromatic carbocycles. The molecule has 0 aliphatic carbocycles. The second kappa shape index (κ2) is 7.01. The molecular formula is C17H17F3N4O3. The highest BCUT2D eigenvalue weighted by atomic mass is 19.4. The van der Waals surface area contributed by atoms with Gasteiger partial charge in [0.2, 0.25) is 0 Å². The number of carboxylic acids is 1. The highest BCUT2D eigenvalue weighted by molar-refractivity contribution is 5.92. The van der Waals surface area contributed by atoms with Crippen LogP contribution < -0.4 is 0 Å². The van der Waals surface area contributed by atoms with Gasteiger partial charge in [-0.2, -0.15) is 18.3 Å². The number of alkyl halides is 3. The molecule has 1 fully saturated rings. The number of aromatic nitrogens is 3. The molecule has 1 amide bonds. The van der Waals surface area contributed by atoms with Gasteiger partial charge in [0.25, 0.3) is 5.91 Å². The Morgan fingerprint density at radius 3 is 2.33 bits per heavy atom. The SMILES string of the molecule is Cc1c(C(=O)O)cnn1C1CCN(C(=O)c2ccc(C(F)(F)F)cn2)CC1. The molecule has 3 heterocycles. The van der Waals surface area contributed by atoms with E-state index in [1.54, 1.807) is 11.6 Å². The lowest BCUT2D eigenvalue weighted by molar-refractivity contribution is -0.137. The van der Waals surface area contributed by atoms with Gasteiger partial charge >= 0.3 is 12.1 Å². The van der Waals surface area contributed by atoms with E-state index in [9.17, 15) is 22.8 Å². The number of carboxylic acid groups (broad SMARTS) is 1. The molecule has 7 nitrogen and oxygen atoms in total. The van der Waals surface area contributed by atoms with Gasteiger partial charge in [-0.15, -0.1) is 0 Å². The number of halogens is 3. The van der Waals surface area contributed by atoms with Crippen molar-refractivity contribution < 1.29 is 27.9 Å². The molecule has 0 unspecified atom stereocenters. The maximum absolute atomic E-state index is 12.6. The molecule has 1 aliphatic heterocycles. The Labute approximate surface area is 152 Å². The number of likely N-dealkylation sites (tertiary alicyclic amines) is 1. The minimum absolute atomic E-state index is 0.0371.